The molecule has 134 valence electrons. The van der Waals surface area contributed by atoms with Crippen LogP contribution in [0.1, 0.15) is 53.9 Å². The summed E-state index contributed by atoms with van der Waals surface area (Å²) < 4.78 is 0. The van der Waals surface area contributed by atoms with Crippen molar-refractivity contribution in [2.75, 3.05) is 0 Å². The lowest BCUT2D eigenvalue weighted by Crippen LogP contribution is -2.43. The maximum atomic E-state index is 13.0. The number of carbonyl (C=O) groups excluding carboxylic acids is 1. The Labute approximate surface area is 144 Å². The number of carbonyl (C=O) groups is 1. The van der Waals surface area contributed by atoms with Gasteiger partial charge in [-0.2, -0.15) is 0 Å². The van der Waals surface area contributed by atoms with Crippen LogP contribution in [0.2, 0.25) is 0 Å². The van der Waals surface area contributed by atoms with Crippen molar-refractivity contribution in [3.8, 4) is 0 Å². The number of hydrogen-bond donors (Lipinski definition) is 3. The molecule has 1 fully saturated rings. The molecule has 0 aromatic carbocycles. The standard InChI is InChI=1S/C20H30O4/c1-11-8-14-13(18(14,3)4)6-7-19(5,23)10-15-16(21)12(2)9-20(15,24)17(11)22/h9-11,13-14,16,21,23-24H,6-8H2,1-5H3/t11-,13-,14+,16+,19-,20-/m0/s1. The molecule has 3 aliphatic carbocycles. The summed E-state index contributed by atoms with van der Waals surface area (Å²) in [5, 5.41) is 32.3. The predicted molar refractivity (Wildman–Crippen MR) is 92.2 cm³/mol. The highest BCUT2D eigenvalue weighted by atomic mass is 16.3. The third-order valence-electron chi connectivity index (χ3n) is 6.75. The van der Waals surface area contributed by atoms with E-state index in [0.29, 0.717) is 23.8 Å². The Morgan fingerprint density at radius 1 is 1.12 bits per heavy atom. The summed E-state index contributed by atoms with van der Waals surface area (Å²) >= 11 is 0. The smallest absolute Gasteiger partial charge is 0.175 e. The number of fused-ring (bicyclic) bond motifs is 2. The molecule has 3 rings (SSSR count). The quantitative estimate of drug-likeness (QED) is 0.594. The largest absolute Gasteiger partial charge is 0.386 e. The molecule has 0 aromatic heterocycles. The van der Waals surface area contributed by atoms with Crippen LogP contribution in [0.25, 0.3) is 0 Å². The molecule has 0 unspecified atom stereocenters. The molecule has 4 heteroatoms. The zero-order chi connectivity index (χ0) is 18.1. The molecule has 0 aromatic rings. The minimum atomic E-state index is -1.80. The van der Waals surface area contributed by atoms with Gasteiger partial charge in [0.1, 0.15) is 0 Å². The molecular weight excluding hydrogens is 304 g/mol. The van der Waals surface area contributed by atoms with E-state index in [4.69, 9.17) is 0 Å². The van der Waals surface area contributed by atoms with E-state index in [1.807, 2.05) is 6.92 Å². The van der Waals surface area contributed by atoms with Gasteiger partial charge >= 0.3 is 0 Å². The number of ketones is 1. The summed E-state index contributed by atoms with van der Waals surface area (Å²) in [6, 6.07) is 0. The van der Waals surface area contributed by atoms with E-state index in [9.17, 15) is 20.1 Å². The summed E-state index contributed by atoms with van der Waals surface area (Å²) in [7, 11) is 0. The highest BCUT2D eigenvalue weighted by Crippen LogP contribution is 2.63. The lowest BCUT2D eigenvalue weighted by atomic mass is 9.81. The van der Waals surface area contributed by atoms with Crippen molar-refractivity contribution in [3.05, 3.63) is 23.3 Å². The highest BCUT2D eigenvalue weighted by Gasteiger charge is 2.59. The molecule has 0 aliphatic heterocycles. The SMILES string of the molecule is CC1=C[C@@]2(O)C(=O)[C@@H](C)C[C@@H]3[C@H](CC[C@](C)(O)C=C2[C@@H]1O)C3(C)C. The van der Waals surface area contributed by atoms with Gasteiger partial charge in [0, 0.05) is 11.5 Å². The van der Waals surface area contributed by atoms with Crippen LogP contribution in [0, 0.1) is 23.2 Å². The van der Waals surface area contributed by atoms with Gasteiger partial charge in [0.2, 0.25) is 0 Å². The number of aliphatic hydroxyl groups is 3. The Morgan fingerprint density at radius 2 is 1.75 bits per heavy atom. The molecule has 3 N–H and O–H groups in total. The fraction of sp³-hybridized carbons (Fsp3) is 0.750. The van der Waals surface area contributed by atoms with Crippen molar-refractivity contribution < 1.29 is 20.1 Å². The number of aliphatic hydroxyl groups excluding tert-OH is 1. The van der Waals surface area contributed by atoms with Gasteiger partial charge in [0.05, 0.1) is 11.7 Å². The van der Waals surface area contributed by atoms with Crippen LogP contribution in [0.15, 0.2) is 23.3 Å². The number of rotatable bonds is 0. The predicted octanol–water partition coefficient (Wildman–Crippen LogP) is 2.38. The van der Waals surface area contributed by atoms with Crippen LogP contribution in [0.5, 0.6) is 0 Å². The van der Waals surface area contributed by atoms with E-state index in [-0.39, 0.29) is 22.7 Å². The Kier molecular flexibility index (Phi) is 3.91. The monoisotopic (exact) mass is 334 g/mol. The lowest BCUT2D eigenvalue weighted by molar-refractivity contribution is -0.134. The normalized spacial score (nSPS) is 47.9. The first-order valence-corrected chi connectivity index (χ1v) is 9.00. The van der Waals surface area contributed by atoms with Crippen LogP contribution in [-0.4, -0.2) is 38.4 Å². The van der Waals surface area contributed by atoms with Gasteiger partial charge in [0.15, 0.2) is 11.4 Å². The second kappa shape index (κ2) is 5.26. The average Bonchev–Trinajstić information content (AvgIpc) is 2.91. The van der Waals surface area contributed by atoms with E-state index >= 15 is 0 Å². The van der Waals surface area contributed by atoms with E-state index in [2.05, 4.69) is 13.8 Å². The van der Waals surface area contributed by atoms with Crippen molar-refractivity contribution in [2.45, 2.75) is 71.2 Å². The second-order valence-electron chi connectivity index (χ2n) is 9.09. The summed E-state index contributed by atoms with van der Waals surface area (Å²) in [5.74, 6) is 0.370. The topological polar surface area (TPSA) is 77.8 Å². The Hall–Kier alpha value is -0.970. The van der Waals surface area contributed by atoms with Gasteiger partial charge < -0.3 is 15.3 Å². The maximum Gasteiger partial charge on any atom is 0.175 e. The summed E-state index contributed by atoms with van der Waals surface area (Å²) in [5.41, 5.74) is -2.00. The molecule has 0 bridgehead atoms. The lowest BCUT2D eigenvalue weighted by Gasteiger charge is -2.29. The first kappa shape index (κ1) is 17.8. The van der Waals surface area contributed by atoms with Gasteiger partial charge in [-0.1, -0.05) is 20.8 Å². The van der Waals surface area contributed by atoms with Crippen molar-refractivity contribution in [3.63, 3.8) is 0 Å². The third kappa shape index (κ3) is 2.59. The fourth-order valence-electron chi connectivity index (χ4n) is 4.96. The third-order valence-corrected chi connectivity index (χ3v) is 6.75. The minimum Gasteiger partial charge on any atom is -0.386 e. The molecule has 24 heavy (non-hydrogen) atoms. The molecule has 0 amide bonds. The van der Waals surface area contributed by atoms with Crippen LogP contribution < -0.4 is 0 Å². The molecule has 1 saturated carbocycles. The molecule has 0 radical (unpaired) electrons. The van der Waals surface area contributed by atoms with Crippen LogP contribution in [0.3, 0.4) is 0 Å². The zero-order valence-electron chi connectivity index (χ0n) is 15.3. The minimum absolute atomic E-state index is 0.180. The number of hydrogen-bond acceptors (Lipinski definition) is 4. The van der Waals surface area contributed by atoms with Gasteiger partial charge in [-0.15, -0.1) is 0 Å². The van der Waals surface area contributed by atoms with E-state index < -0.39 is 17.3 Å². The Balaban J connectivity index is 2.05. The molecule has 0 heterocycles. The van der Waals surface area contributed by atoms with E-state index in [1.165, 1.54) is 12.2 Å². The Bertz CT molecular complexity index is 628. The van der Waals surface area contributed by atoms with Crippen molar-refractivity contribution in [2.24, 2.45) is 23.2 Å². The molecule has 3 aliphatic rings. The Morgan fingerprint density at radius 3 is 2.38 bits per heavy atom. The van der Waals surface area contributed by atoms with Gasteiger partial charge in [-0.05, 0) is 68.1 Å². The van der Waals surface area contributed by atoms with Crippen molar-refractivity contribution in [1.82, 2.24) is 0 Å². The fourth-order valence-corrected chi connectivity index (χ4v) is 4.96. The summed E-state index contributed by atoms with van der Waals surface area (Å²) in [6.07, 6.45) is 4.17. The molecule has 0 saturated heterocycles. The molecule has 4 nitrogen and oxygen atoms in total. The van der Waals surface area contributed by atoms with Crippen LogP contribution in [-0.2, 0) is 4.79 Å². The summed E-state index contributed by atoms with van der Waals surface area (Å²) in [4.78, 5) is 13.0. The van der Waals surface area contributed by atoms with E-state index in [1.54, 1.807) is 13.8 Å². The average molecular weight is 334 g/mol. The van der Waals surface area contributed by atoms with E-state index in [0.717, 1.165) is 12.8 Å². The van der Waals surface area contributed by atoms with Gasteiger partial charge in [0.25, 0.3) is 0 Å². The van der Waals surface area contributed by atoms with Crippen LogP contribution in [0.4, 0.5) is 0 Å². The zero-order valence-corrected chi connectivity index (χ0v) is 15.3. The molecular formula is C20H30O4. The first-order chi connectivity index (χ1) is 10.9. The van der Waals surface area contributed by atoms with Crippen molar-refractivity contribution >= 4 is 5.78 Å². The maximum absolute atomic E-state index is 13.0. The second-order valence-corrected chi connectivity index (χ2v) is 9.09. The first-order valence-electron chi connectivity index (χ1n) is 9.00. The van der Waals surface area contributed by atoms with Crippen molar-refractivity contribution in [1.29, 1.82) is 0 Å². The van der Waals surface area contributed by atoms with Gasteiger partial charge in [-0.3, -0.25) is 4.79 Å². The van der Waals surface area contributed by atoms with Gasteiger partial charge in [-0.25, -0.2) is 0 Å². The molecule has 0 spiro atoms. The summed E-state index contributed by atoms with van der Waals surface area (Å²) in [6.45, 7) is 9.71. The molecule has 6 atom stereocenters. The van der Waals surface area contributed by atoms with Crippen LogP contribution >= 0.6 is 0 Å². The number of Topliss-reactive ketones (excluding diaryl/α,β-unsaturated/α-hetero) is 1. The highest BCUT2D eigenvalue weighted by molar-refractivity contribution is 5.96.